The van der Waals surface area contributed by atoms with Gasteiger partial charge in [0.1, 0.15) is 13.2 Å². The van der Waals surface area contributed by atoms with Gasteiger partial charge in [0.05, 0.1) is 16.7 Å². The Hall–Kier alpha value is -3.00. The summed E-state index contributed by atoms with van der Waals surface area (Å²) in [6.45, 7) is 2.86. The summed E-state index contributed by atoms with van der Waals surface area (Å²) in [5, 5.41) is 2.21. The van der Waals surface area contributed by atoms with Crippen LogP contribution in [0.15, 0.2) is 42.5 Å². The smallest absolute Gasteiger partial charge is 0.247 e. The van der Waals surface area contributed by atoms with E-state index in [1.807, 2.05) is 31.2 Å². The van der Waals surface area contributed by atoms with Gasteiger partial charge < -0.3 is 14.8 Å². The molecule has 2 aromatic rings. The van der Waals surface area contributed by atoms with Gasteiger partial charge in [0.25, 0.3) is 0 Å². The number of rotatable bonds is 5. The second-order valence-electron chi connectivity index (χ2n) is 6.81. The third-order valence-electron chi connectivity index (χ3n) is 4.64. The van der Waals surface area contributed by atoms with Crippen LogP contribution >= 0.6 is 11.8 Å². The summed E-state index contributed by atoms with van der Waals surface area (Å²) in [5.41, 5.74) is 2.26. The van der Waals surface area contributed by atoms with Crippen LogP contribution in [0.1, 0.15) is 12.0 Å². The van der Waals surface area contributed by atoms with Crippen LogP contribution in [-0.4, -0.2) is 41.9 Å². The molecule has 0 saturated carbocycles. The lowest BCUT2D eigenvalue weighted by atomic mass is 10.2. The van der Waals surface area contributed by atoms with Crippen molar-refractivity contribution in [1.29, 1.82) is 0 Å². The molecule has 150 valence electrons. The number of anilines is 2. The first-order chi connectivity index (χ1) is 14.0. The predicted octanol–water partition coefficient (Wildman–Crippen LogP) is 2.77. The first-order valence-corrected chi connectivity index (χ1v) is 10.3. The second kappa shape index (κ2) is 8.16. The van der Waals surface area contributed by atoms with E-state index in [0.717, 1.165) is 10.5 Å². The van der Waals surface area contributed by atoms with Crippen molar-refractivity contribution in [2.24, 2.45) is 0 Å². The van der Waals surface area contributed by atoms with Gasteiger partial charge in [-0.3, -0.25) is 14.4 Å². The Morgan fingerprint density at radius 3 is 2.59 bits per heavy atom. The number of fused-ring (bicyclic) bond motifs is 1. The third kappa shape index (κ3) is 4.22. The van der Waals surface area contributed by atoms with Crippen LogP contribution in [0.4, 0.5) is 11.4 Å². The summed E-state index contributed by atoms with van der Waals surface area (Å²) < 4.78 is 11.0. The summed E-state index contributed by atoms with van der Waals surface area (Å²) in [7, 11) is 0. The zero-order valence-electron chi connectivity index (χ0n) is 15.8. The summed E-state index contributed by atoms with van der Waals surface area (Å²) in [5.74, 6) is 0.382. The fourth-order valence-corrected chi connectivity index (χ4v) is 4.12. The first-order valence-electron chi connectivity index (χ1n) is 9.26. The summed E-state index contributed by atoms with van der Waals surface area (Å²) >= 11 is 1.17. The number of benzene rings is 2. The minimum absolute atomic E-state index is 0.0652. The average molecular weight is 412 g/mol. The molecule has 2 aromatic carbocycles. The highest BCUT2D eigenvalue weighted by molar-refractivity contribution is 8.01. The Morgan fingerprint density at radius 1 is 1.10 bits per heavy atom. The van der Waals surface area contributed by atoms with Gasteiger partial charge in [-0.2, -0.15) is 0 Å². The van der Waals surface area contributed by atoms with E-state index in [4.69, 9.17) is 9.47 Å². The van der Waals surface area contributed by atoms with E-state index in [-0.39, 0.29) is 29.9 Å². The molecule has 1 atom stereocenters. The topological polar surface area (TPSA) is 84.9 Å². The van der Waals surface area contributed by atoms with Crippen molar-refractivity contribution in [3.05, 3.63) is 48.0 Å². The number of aryl methyl sites for hydroxylation is 1. The largest absolute Gasteiger partial charge is 0.486 e. The van der Waals surface area contributed by atoms with Crippen LogP contribution in [0.3, 0.4) is 0 Å². The van der Waals surface area contributed by atoms with Gasteiger partial charge in [0.15, 0.2) is 11.5 Å². The highest BCUT2D eigenvalue weighted by atomic mass is 32.2. The van der Waals surface area contributed by atoms with Gasteiger partial charge in [0, 0.05) is 18.2 Å². The van der Waals surface area contributed by atoms with Gasteiger partial charge >= 0.3 is 0 Å². The maximum Gasteiger partial charge on any atom is 0.247 e. The maximum atomic E-state index is 12.8. The van der Waals surface area contributed by atoms with Crippen molar-refractivity contribution in [2.45, 2.75) is 18.6 Å². The predicted molar refractivity (Wildman–Crippen MR) is 111 cm³/mol. The van der Waals surface area contributed by atoms with Gasteiger partial charge in [-0.25, -0.2) is 4.90 Å². The van der Waals surface area contributed by atoms with Crippen molar-refractivity contribution in [2.75, 3.05) is 29.2 Å². The van der Waals surface area contributed by atoms with E-state index in [1.165, 1.54) is 11.8 Å². The minimum atomic E-state index is -0.584. The van der Waals surface area contributed by atoms with Crippen molar-refractivity contribution in [1.82, 2.24) is 0 Å². The number of imide groups is 1. The van der Waals surface area contributed by atoms with E-state index in [1.54, 1.807) is 18.2 Å². The van der Waals surface area contributed by atoms with Crippen LogP contribution in [0.2, 0.25) is 0 Å². The molecule has 2 aliphatic rings. The quantitative estimate of drug-likeness (QED) is 0.761. The molecule has 2 heterocycles. The number of nitrogens with one attached hydrogen (secondary N) is 1. The first kappa shape index (κ1) is 19.3. The van der Waals surface area contributed by atoms with Gasteiger partial charge in [0.2, 0.25) is 17.7 Å². The van der Waals surface area contributed by atoms with Crippen LogP contribution in [0.25, 0.3) is 0 Å². The number of amides is 3. The summed E-state index contributed by atoms with van der Waals surface area (Å²) in [6.07, 6.45) is 0.0652. The van der Waals surface area contributed by atoms with Crippen molar-refractivity contribution in [3.8, 4) is 11.5 Å². The molecule has 0 bridgehead atoms. The molecule has 0 aromatic heterocycles. The molecule has 1 fully saturated rings. The molecule has 0 spiro atoms. The molecular weight excluding hydrogens is 392 g/mol. The lowest BCUT2D eigenvalue weighted by molar-refractivity contribution is -0.121. The SMILES string of the molecule is Cc1ccc(NC(=O)CSC2CC(=O)N(c3ccc4c(c3)OCCO4)C2=O)cc1. The number of carbonyl (C=O) groups excluding carboxylic acids is 3. The van der Waals surface area contributed by atoms with Gasteiger partial charge in [-0.05, 0) is 31.2 Å². The second-order valence-corrected chi connectivity index (χ2v) is 8.00. The molecule has 1 unspecified atom stereocenters. The monoisotopic (exact) mass is 412 g/mol. The van der Waals surface area contributed by atoms with Crippen LogP contribution < -0.4 is 19.7 Å². The van der Waals surface area contributed by atoms with Crippen molar-refractivity contribution >= 4 is 40.9 Å². The average Bonchev–Trinajstić information content (AvgIpc) is 3.01. The third-order valence-corrected chi connectivity index (χ3v) is 5.84. The maximum absolute atomic E-state index is 12.8. The molecule has 1 N–H and O–H groups in total. The molecular formula is C21H20N2O5S. The lowest BCUT2D eigenvalue weighted by Crippen LogP contribution is -2.31. The molecule has 4 rings (SSSR count). The molecule has 2 aliphatic heterocycles. The molecule has 0 aliphatic carbocycles. The van der Waals surface area contributed by atoms with E-state index in [2.05, 4.69) is 5.32 Å². The molecule has 7 nitrogen and oxygen atoms in total. The van der Waals surface area contributed by atoms with E-state index in [9.17, 15) is 14.4 Å². The Morgan fingerprint density at radius 2 is 1.83 bits per heavy atom. The molecule has 3 amide bonds. The minimum Gasteiger partial charge on any atom is -0.486 e. The van der Waals surface area contributed by atoms with Crippen LogP contribution in [-0.2, 0) is 14.4 Å². The molecule has 29 heavy (non-hydrogen) atoms. The van der Waals surface area contributed by atoms with E-state index < -0.39 is 5.25 Å². The summed E-state index contributed by atoms with van der Waals surface area (Å²) in [6, 6.07) is 12.5. The molecule has 8 heteroatoms. The zero-order valence-corrected chi connectivity index (χ0v) is 16.7. The Balaban J connectivity index is 1.38. The fourth-order valence-electron chi connectivity index (χ4n) is 3.19. The number of hydrogen-bond donors (Lipinski definition) is 1. The van der Waals surface area contributed by atoms with Crippen LogP contribution in [0, 0.1) is 6.92 Å². The van der Waals surface area contributed by atoms with Gasteiger partial charge in [-0.1, -0.05) is 17.7 Å². The number of hydrogen-bond acceptors (Lipinski definition) is 6. The van der Waals surface area contributed by atoms with Crippen molar-refractivity contribution in [3.63, 3.8) is 0 Å². The Labute approximate surface area is 172 Å². The van der Waals surface area contributed by atoms with E-state index in [0.29, 0.717) is 36.1 Å². The Bertz CT molecular complexity index is 960. The lowest BCUT2D eigenvalue weighted by Gasteiger charge is -2.21. The molecule has 0 radical (unpaired) electrons. The number of thioether (sulfide) groups is 1. The fraction of sp³-hybridized carbons (Fsp3) is 0.286. The van der Waals surface area contributed by atoms with Crippen LogP contribution in [0.5, 0.6) is 11.5 Å². The highest BCUT2D eigenvalue weighted by Gasteiger charge is 2.40. The highest BCUT2D eigenvalue weighted by Crippen LogP contribution is 2.37. The zero-order chi connectivity index (χ0) is 20.4. The van der Waals surface area contributed by atoms with Gasteiger partial charge in [-0.15, -0.1) is 11.8 Å². The molecule has 1 saturated heterocycles. The Kier molecular flexibility index (Phi) is 5.44. The van der Waals surface area contributed by atoms with E-state index >= 15 is 0 Å². The normalized spacial score (nSPS) is 18.1. The summed E-state index contributed by atoms with van der Waals surface area (Å²) in [4.78, 5) is 38.6. The standard InChI is InChI=1S/C21H20N2O5S/c1-13-2-4-14(5-3-13)22-19(24)12-29-18-11-20(25)23(21(18)26)15-6-7-16-17(10-15)28-9-8-27-16/h2-7,10,18H,8-9,11-12H2,1H3,(H,22,24). The van der Waals surface area contributed by atoms with Crippen molar-refractivity contribution < 1.29 is 23.9 Å². The number of nitrogens with zero attached hydrogens (tertiary/aromatic N) is 1. The number of ether oxygens (including phenoxy) is 2. The number of carbonyl (C=O) groups is 3.